The molecule has 0 aromatic heterocycles. The van der Waals surface area contributed by atoms with Crippen molar-refractivity contribution in [2.75, 3.05) is 0 Å². The zero-order chi connectivity index (χ0) is 15.2. The summed E-state index contributed by atoms with van der Waals surface area (Å²) in [5.41, 5.74) is 0. The molecule has 2 nitrogen and oxygen atoms in total. The van der Waals surface area contributed by atoms with Crippen molar-refractivity contribution in [3.63, 3.8) is 0 Å². The van der Waals surface area contributed by atoms with Gasteiger partial charge in [-0.3, -0.25) is 0 Å². The molecule has 1 aliphatic rings. The van der Waals surface area contributed by atoms with Gasteiger partial charge in [-0.25, -0.2) is 0 Å². The molecule has 116 valence electrons. The Kier molecular flexibility index (Phi) is 7.26. The van der Waals surface area contributed by atoms with E-state index in [0.717, 1.165) is 0 Å². The molecule has 0 atom stereocenters. The predicted octanol–water partition coefficient (Wildman–Crippen LogP) is 5.56. The summed E-state index contributed by atoms with van der Waals surface area (Å²) in [6, 6.07) is 0. The predicted molar refractivity (Wildman–Crippen MR) is 96.4 cm³/mol. The minimum absolute atomic E-state index is 1.39. The third kappa shape index (κ3) is 3.32. The molecule has 1 aliphatic heterocycles. The zero-order valence-electron chi connectivity index (χ0n) is 14.4. The van der Waals surface area contributed by atoms with Crippen molar-refractivity contribution in [3.05, 3.63) is 24.8 Å². The van der Waals surface area contributed by atoms with Crippen molar-refractivity contribution in [2.45, 2.75) is 73.1 Å². The second-order valence-electron chi connectivity index (χ2n) is 5.98. The molecule has 0 spiro atoms. The first-order chi connectivity index (χ1) is 9.57. The average Bonchev–Trinajstić information content (AvgIpc) is 2.53. The second kappa shape index (κ2) is 7.97. The maximum absolute atomic E-state index is 2.64. The Bertz CT molecular complexity index is 282. The van der Waals surface area contributed by atoms with E-state index >= 15 is 0 Å². The fraction of sp³-hybridized carbons (Fsp3) is 0.750. The van der Waals surface area contributed by atoms with Crippen molar-refractivity contribution < 1.29 is 0 Å². The summed E-state index contributed by atoms with van der Waals surface area (Å²) in [6.07, 6.45) is 9.66. The van der Waals surface area contributed by atoms with Gasteiger partial charge in [0.2, 0.25) is 0 Å². The van der Waals surface area contributed by atoms with Gasteiger partial charge < -0.3 is 0 Å². The summed E-state index contributed by atoms with van der Waals surface area (Å²) in [4.78, 5) is 0. The van der Waals surface area contributed by atoms with E-state index in [4.69, 9.17) is 0 Å². The fourth-order valence-electron chi connectivity index (χ4n) is 3.61. The number of rotatable bonds is 8. The Balaban J connectivity index is 2.92. The van der Waals surface area contributed by atoms with Crippen LogP contribution in [0.15, 0.2) is 24.8 Å². The van der Waals surface area contributed by atoms with Crippen molar-refractivity contribution >= 4 is 27.0 Å². The Morgan fingerprint density at radius 1 is 0.500 bits per heavy atom. The van der Waals surface area contributed by atoms with Gasteiger partial charge in [0, 0.05) is 0 Å². The molecule has 0 aromatic rings. The third-order valence-corrected chi connectivity index (χ3v) is 28.2. The maximum atomic E-state index is 2.64. The van der Waals surface area contributed by atoms with Gasteiger partial charge in [-0.2, -0.15) is 0 Å². The van der Waals surface area contributed by atoms with E-state index < -0.39 is 27.0 Å². The number of hydrogen-bond donors (Lipinski definition) is 0. The molecule has 0 fully saturated rings. The summed E-state index contributed by atoms with van der Waals surface area (Å²) in [6.45, 7) is 14.4. The van der Waals surface area contributed by atoms with E-state index in [2.05, 4.69) is 74.1 Å². The topological polar surface area (TPSA) is 6.48 Å². The number of hydrogen-bond acceptors (Lipinski definition) is 2. The molecular weight excluding hydrogens is 365 g/mol. The van der Waals surface area contributed by atoms with Gasteiger partial charge in [-0.05, 0) is 0 Å². The van der Waals surface area contributed by atoms with Crippen molar-refractivity contribution in [1.29, 1.82) is 0 Å². The van der Waals surface area contributed by atoms with Crippen molar-refractivity contribution in [1.82, 2.24) is 7.71 Å². The van der Waals surface area contributed by atoms with Crippen LogP contribution in [0.5, 0.6) is 0 Å². The first-order valence-corrected chi connectivity index (χ1v) is 19.3. The quantitative estimate of drug-likeness (QED) is 0.493. The van der Waals surface area contributed by atoms with Crippen LogP contribution in [0, 0.1) is 0 Å². The molecule has 0 saturated carbocycles. The van der Waals surface area contributed by atoms with Crippen LogP contribution in [-0.4, -0.2) is 34.7 Å². The van der Waals surface area contributed by atoms with Gasteiger partial charge in [0.15, 0.2) is 0 Å². The Morgan fingerprint density at radius 2 is 0.700 bits per heavy atom. The van der Waals surface area contributed by atoms with Crippen LogP contribution in [0.25, 0.3) is 0 Å². The molecule has 0 N–H and O–H groups in total. The summed E-state index contributed by atoms with van der Waals surface area (Å²) in [5.74, 6) is 0. The molecule has 0 aromatic carbocycles. The Hall–Kier alpha value is 0.166. The molecule has 4 heteroatoms. The normalized spacial score (nSPS) is 16.1. The molecule has 0 bridgehead atoms. The molecule has 0 amide bonds. The van der Waals surface area contributed by atoms with Crippen LogP contribution in [0.2, 0.25) is 31.5 Å². The average molecular weight is 400 g/mol. The SMILES string of the molecule is C[CH2][Ge]([CH2]C)([CH2]C)[N]1C=C[N]([Ge]([CH2]C)([CH2]C)[CH2]C)C=C1. The van der Waals surface area contributed by atoms with Gasteiger partial charge >= 0.3 is 133 Å². The van der Waals surface area contributed by atoms with Crippen molar-refractivity contribution in [2.24, 2.45) is 0 Å². The van der Waals surface area contributed by atoms with Crippen LogP contribution in [0.1, 0.15) is 41.5 Å². The first kappa shape index (κ1) is 18.2. The van der Waals surface area contributed by atoms with E-state index in [1.165, 1.54) is 31.5 Å². The van der Waals surface area contributed by atoms with Gasteiger partial charge in [0.1, 0.15) is 0 Å². The molecule has 1 rings (SSSR count). The van der Waals surface area contributed by atoms with E-state index in [0.29, 0.717) is 0 Å². The zero-order valence-corrected chi connectivity index (χ0v) is 18.6. The summed E-state index contributed by atoms with van der Waals surface area (Å²) in [5, 5.41) is 8.35. The standard InChI is InChI=1S/C16H34Ge2N2/c1-7-17(8-2,9-3)19-13-15-20(16-14-19)18(10-4,11-5)12-6/h13-16H,7-12H2,1-6H3. The van der Waals surface area contributed by atoms with Crippen LogP contribution in [-0.2, 0) is 0 Å². The van der Waals surface area contributed by atoms with Crippen LogP contribution < -0.4 is 0 Å². The second-order valence-corrected chi connectivity index (χ2v) is 27.3. The molecule has 0 aliphatic carbocycles. The van der Waals surface area contributed by atoms with Crippen molar-refractivity contribution in [3.8, 4) is 0 Å². The van der Waals surface area contributed by atoms with Crippen LogP contribution in [0.3, 0.4) is 0 Å². The van der Waals surface area contributed by atoms with Gasteiger partial charge in [-0.1, -0.05) is 0 Å². The summed E-state index contributed by atoms with van der Waals surface area (Å²) in [7, 11) is 0. The summed E-state index contributed by atoms with van der Waals surface area (Å²) >= 11 is -3.67. The summed E-state index contributed by atoms with van der Waals surface area (Å²) < 4.78 is 5.29. The monoisotopic (exact) mass is 402 g/mol. The Labute approximate surface area is 132 Å². The molecule has 1 heterocycles. The van der Waals surface area contributed by atoms with E-state index in [-0.39, 0.29) is 0 Å². The van der Waals surface area contributed by atoms with Gasteiger partial charge in [-0.15, -0.1) is 0 Å². The molecular formula is C16H34Ge2N2. The molecule has 20 heavy (non-hydrogen) atoms. The Morgan fingerprint density at radius 3 is 0.850 bits per heavy atom. The van der Waals surface area contributed by atoms with Crippen LogP contribution in [0.4, 0.5) is 0 Å². The molecule has 0 radical (unpaired) electrons. The van der Waals surface area contributed by atoms with E-state index in [1.807, 2.05) is 0 Å². The first-order valence-electron chi connectivity index (χ1n) is 8.51. The van der Waals surface area contributed by atoms with E-state index in [9.17, 15) is 0 Å². The fourth-order valence-corrected chi connectivity index (χ4v) is 17.7. The molecule has 0 saturated heterocycles. The van der Waals surface area contributed by atoms with Gasteiger partial charge in [0.05, 0.1) is 0 Å². The minimum atomic E-state index is -1.84. The van der Waals surface area contributed by atoms with Crippen LogP contribution >= 0.6 is 0 Å². The third-order valence-electron chi connectivity index (χ3n) is 5.82. The number of nitrogens with zero attached hydrogens (tertiary/aromatic N) is 2. The van der Waals surface area contributed by atoms with E-state index in [1.54, 1.807) is 0 Å². The molecule has 0 unspecified atom stereocenters. The van der Waals surface area contributed by atoms with Gasteiger partial charge in [0.25, 0.3) is 0 Å².